The average Bonchev–Trinajstić information content (AvgIpc) is 2.49. The summed E-state index contributed by atoms with van der Waals surface area (Å²) in [6, 6.07) is 0. The molecular weight excluding hydrogens is 326 g/mol. The number of primary amides is 1. The van der Waals surface area contributed by atoms with Crippen molar-refractivity contribution in [3.05, 3.63) is 12.2 Å². The lowest BCUT2D eigenvalue weighted by atomic mass is 10.1. The number of hydrogen-bond donors (Lipinski definition) is 2. The van der Waals surface area contributed by atoms with Gasteiger partial charge in [-0.05, 0) is 32.1 Å². The molecule has 0 rings (SSSR count). The van der Waals surface area contributed by atoms with Crippen molar-refractivity contribution in [3.63, 3.8) is 0 Å². The first-order valence-electron chi connectivity index (χ1n) is 9.30. The number of unbranched alkanes of at least 4 members (excludes halogenated alkanes) is 10. The van der Waals surface area contributed by atoms with E-state index in [9.17, 15) is 13.2 Å². The second-order valence-corrected chi connectivity index (χ2v) is 8.02. The van der Waals surface area contributed by atoms with Crippen LogP contribution < -0.4 is 5.73 Å². The summed E-state index contributed by atoms with van der Waals surface area (Å²) in [6.07, 6.45) is 18.1. The first-order chi connectivity index (χ1) is 11.4. The van der Waals surface area contributed by atoms with Gasteiger partial charge in [-0.15, -0.1) is 0 Å². The van der Waals surface area contributed by atoms with Crippen LogP contribution in [-0.4, -0.2) is 24.1 Å². The van der Waals surface area contributed by atoms with E-state index in [-0.39, 0.29) is 6.42 Å². The van der Waals surface area contributed by atoms with Crippen molar-refractivity contribution in [2.75, 3.05) is 0 Å². The minimum Gasteiger partial charge on any atom is -0.368 e. The van der Waals surface area contributed by atoms with E-state index in [1.807, 2.05) is 0 Å². The molecule has 0 aliphatic heterocycles. The van der Waals surface area contributed by atoms with Crippen molar-refractivity contribution in [3.8, 4) is 0 Å². The number of carbonyl (C=O) groups is 1. The van der Waals surface area contributed by atoms with Gasteiger partial charge in [0.05, 0.1) is 0 Å². The van der Waals surface area contributed by atoms with E-state index in [2.05, 4.69) is 19.1 Å². The molecule has 5 nitrogen and oxygen atoms in total. The molecule has 1 unspecified atom stereocenters. The van der Waals surface area contributed by atoms with E-state index in [0.29, 0.717) is 6.42 Å². The topological polar surface area (TPSA) is 97.5 Å². The van der Waals surface area contributed by atoms with E-state index in [1.54, 1.807) is 0 Å². The fourth-order valence-electron chi connectivity index (χ4n) is 2.66. The third-order valence-electron chi connectivity index (χ3n) is 4.16. The Labute approximate surface area is 147 Å². The average molecular weight is 362 g/mol. The summed E-state index contributed by atoms with van der Waals surface area (Å²) in [5.41, 5.74) is 4.99. The minimum absolute atomic E-state index is 0.0992. The minimum atomic E-state index is -4.37. The maximum Gasteiger partial charge on any atom is 0.276 e. The standard InChI is InChI=1S/C18H35NO4S/c1-2-3-4-5-6-7-8-9-10-11-12-13-14-15-16-17(18(19)20)24(21,22)23/h9-10,17H,2-8,11-16H2,1H3,(H2,19,20)(H,21,22,23)/b10-9-. The molecule has 1 atom stereocenters. The van der Waals surface area contributed by atoms with E-state index in [0.717, 1.165) is 32.1 Å². The highest BCUT2D eigenvalue weighted by atomic mass is 32.2. The predicted octanol–water partition coefficient (Wildman–Crippen LogP) is 4.38. The molecule has 0 aliphatic rings. The van der Waals surface area contributed by atoms with Crippen LogP contribution in [0.2, 0.25) is 0 Å². The lowest BCUT2D eigenvalue weighted by Crippen LogP contribution is -2.35. The maximum absolute atomic E-state index is 11.0. The number of allylic oxidation sites excluding steroid dienone is 2. The third kappa shape index (κ3) is 13.5. The Kier molecular flexibility index (Phi) is 13.9. The van der Waals surface area contributed by atoms with Crippen molar-refractivity contribution < 1.29 is 17.8 Å². The Bertz CT molecular complexity index is 446. The van der Waals surface area contributed by atoms with Crippen molar-refractivity contribution in [1.29, 1.82) is 0 Å². The van der Waals surface area contributed by atoms with Gasteiger partial charge in [-0.25, -0.2) is 0 Å². The Morgan fingerprint density at radius 3 is 1.83 bits per heavy atom. The lowest BCUT2D eigenvalue weighted by Gasteiger charge is -2.09. The second-order valence-electron chi connectivity index (χ2n) is 6.43. The van der Waals surface area contributed by atoms with Crippen LogP contribution in [0, 0.1) is 0 Å². The quantitative estimate of drug-likeness (QED) is 0.242. The SMILES string of the molecule is CCCCCCCC/C=C\CCCCCCC(C(N)=O)S(=O)(=O)O. The molecule has 0 heterocycles. The molecule has 0 saturated carbocycles. The highest BCUT2D eigenvalue weighted by molar-refractivity contribution is 7.87. The number of amides is 1. The zero-order valence-corrected chi connectivity index (χ0v) is 15.9. The zero-order chi connectivity index (χ0) is 18.3. The molecule has 24 heavy (non-hydrogen) atoms. The van der Waals surface area contributed by atoms with Gasteiger partial charge < -0.3 is 5.73 Å². The normalized spacial score (nSPS) is 13.4. The van der Waals surface area contributed by atoms with Crippen LogP contribution in [0.25, 0.3) is 0 Å². The summed E-state index contributed by atoms with van der Waals surface area (Å²) in [7, 11) is -4.37. The van der Waals surface area contributed by atoms with Crippen LogP contribution >= 0.6 is 0 Å². The van der Waals surface area contributed by atoms with Gasteiger partial charge in [0.25, 0.3) is 10.1 Å². The van der Waals surface area contributed by atoms with Gasteiger partial charge in [-0.2, -0.15) is 8.42 Å². The van der Waals surface area contributed by atoms with Crippen molar-refractivity contribution in [2.45, 2.75) is 95.6 Å². The molecule has 0 aliphatic carbocycles. The first-order valence-corrected chi connectivity index (χ1v) is 10.8. The lowest BCUT2D eigenvalue weighted by molar-refractivity contribution is -0.117. The van der Waals surface area contributed by atoms with Gasteiger partial charge in [-0.3, -0.25) is 9.35 Å². The van der Waals surface area contributed by atoms with E-state index >= 15 is 0 Å². The van der Waals surface area contributed by atoms with Crippen LogP contribution in [0.15, 0.2) is 12.2 Å². The summed E-state index contributed by atoms with van der Waals surface area (Å²) < 4.78 is 30.9. The fourth-order valence-corrected chi connectivity index (χ4v) is 3.42. The molecule has 6 heteroatoms. The summed E-state index contributed by atoms with van der Waals surface area (Å²) in [5, 5.41) is -1.46. The monoisotopic (exact) mass is 361 g/mol. The van der Waals surface area contributed by atoms with E-state index < -0.39 is 21.3 Å². The van der Waals surface area contributed by atoms with Gasteiger partial charge in [-0.1, -0.05) is 70.4 Å². The molecule has 0 spiro atoms. The van der Waals surface area contributed by atoms with Crippen LogP contribution in [0.4, 0.5) is 0 Å². The number of carbonyl (C=O) groups excluding carboxylic acids is 1. The molecular formula is C18H35NO4S. The van der Waals surface area contributed by atoms with Crippen molar-refractivity contribution in [1.82, 2.24) is 0 Å². The second kappa shape index (κ2) is 14.5. The van der Waals surface area contributed by atoms with Crippen molar-refractivity contribution >= 4 is 16.0 Å². The summed E-state index contributed by atoms with van der Waals surface area (Å²) in [5.74, 6) is -0.977. The molecule has 0 radical (unpaired) electrons. The Hall–Kier alpha value is -0.880. The highest BCUT2D eigenvalue weighted by Crippen LogP contribution is 2.12. The van der Waals surface area contributed by atoms with Gasteiger partial charge >= 0.3 is 0 Å². The van der Waals surface area contributed by atoms with Gasteiger partial charge in [0, 0.05) is 0 Å². The molecule has 0 saturated heterocycles. The van der Waals surface area contributed by atoms with Crippen LogP contribution in [0.3, 0.4) is 0 Å². The van der Waals surface area contributed by atoms with Crippen molar-refractivity contribution in [2.24, 2.45) is 5.73 Å². The first kappa shape index (κ1) is 23.1. The molecule has 142 valence electrons. The predicted molar refractivity (Wildman–Crippen MR) is 99.4 cm³/mol. The molecule has 0 aromatic heterocycles. The zero-order valence-electron chi connectivity index (χ0n) is 15.1. The smallest absolute Gasteiger partial charge is 0.276 e. The Morgan fingerprint density at radius 2 is 1.38 bits per heavy atom. The number of hydrogen-bond acceptors (Lipinski definition) is 3. The molecule has 0 aromatic rings. The van der Waals surface area contributed by atoms with Crippen LogP contribution in [0.5, 0.6) is 0 Å². The largest absolute Gasteiger partial charge is 0.368 e. The maximum atomic E-state index is 11.0. The van der Waals surface area contributed by atoms with E-state index in [1.165, 1.54) is 38.5 Å². The van der Waals surface area contributed by atoms with Gasteiger partial charge in [0.1, 0.15) is 0 Å². The number of rotatable bonds is 16. The van der Waals surface area contributed by atoms with Crippen LogP contribution in [-0.2, 0) is 14.9 Å². The molecule has 1 amide bonds. The molecule has 0 fully saturated rings. The van der Waals surface area contributed by atoms with E-state index in [4.69, 9.17) is 10.3 Å². The van der Waals surface area contributed by atoms with Crippen LogP contribution in [0.1, 0.15) is 90.4 Å². The summed E-state index contributed by atoms with van der Waals surface area (Å²) in [4.78, 5) is 11.0. The highest BCUT2D eigenvalue weighted by Gasteiger charge is 2.27. The Balaban J connectivity index is 3.50. The summed E-state index contributed by atoms with van der Waals surface area (Å²) in [6.45, 7) is 2.23. The molecule has 0 bridgehead atoms. The third-order valence-corrected chi connectivity index (χ3v) is 5.34. The summed E-state index contributed by atoms with van der Waals surface area (Å²) >= 11 is 0. The van der Waals surface area contributed by atoms with Gasteiger partial charge in [0.15, 0.2) is 5.25 Å². The molecule has 3 N–H and O–H groups in total. The number of nitrogens with two attached hydrogens (primary N) is 1. The Morgan fingerprint density at radius 1 is 0.917 bits per heavy atom. The fraction of sp³-hybridized carbons (Fsp3) is 0.833. The van der Waals surface area contributed by atoms with Gasteiger partial charge in [0.2, 0.25) is 5.91 Å². The molecule has 0 aromatic carbocycles.